The van der Waals surface area contributed by atoms with E-state index in [0.29, 0.717) is 0 Å². The molecule has 0 amide bonds. The predicted molar refractivity (Wildman–Crippen MR) is 46.9 cm³/mol. The maximum atomic E-state index is 11.0. The number of nitrogens with zero attached hydrogens (tertiary/aromatic N) is 1. The zero-order chi connectivity index (χ0) is 9.84. The Hall–Kier alpha value is -1.98. The highest BCUT2D eigenvalue weighted by molar-refractivity contribution is 5.93. The molecular weight excluding hydrogens is 193 g/mol. The summed E-state index contributed by atoms with van der Waals surface area (Å²) >= 11 is 0. The molecule has 0 saturated carbocycles. The van der Waals surface area contributed by atoms with Crippen molar-refractivity contribution < 1.29 is 19.2 Å². The van der Waals surface area contributed by atoms with Crippen LogP contribution in [0.2, 0.25) is 0 Å². The molecule has 0 radical (unpaired) electrons. The van der Waals surface area contributed by atoms with Crippen LogP contribution in [-0.2, 0) is 4.74 Å². The molecule has 1 aromatic carbocycles. The van der Waals surface area contributed by atoms with Crippen LogP contribution in [0.5, 0.6) is 0 Å². The molecule has 0 N–H and O–H groups in total. The minimum Gasteiger partial charge on any atom is -0.465 e. The van der Waals surface area contributed by atoms with Gasteiger partial charge < -0.3 is 4.74 Å². The number of esters is 1. The summed E-state index contributed by atoms with van der Waals surface area (Å²) < 4.78 is 4.38. The van der Waals surface area contributed by atoms with Gasteiger partial charge in [-0.1, -0.05) is 12.1 Å². The molecule has 0 aromatic heterocycles. The van der Waals surface area contributed by atoms with Crippen molar-refractivity contribution in [3.05, 3.63) is 39.9 Å². The fourth-order valence-corrected chi connectivity index (χ4v) is 0.915. The van der Waals surface area contributed by atoms with Crippen molar-refractivity contribution in [2.45, 2.75) is 0 Å². The SMILES string of the molecule is COC(=O)c1ccccc1[N+](=O)[O-].F. The highest BCUT2D eigenvalue weighted by Gasteiger charge is 2.18. The lowest BCUT2D eigenvalue weighted by molar-refractivity contribution is -0.385. The van der Waals surface area contributed by atoms with E-state index in [-0.39, 0.29) is 16.0 Å². The second-order valence-corrected chi connectivity index (χ2v) is 2.27. The monoisotopic (exact) mass is 201 g/mol. The lowest BCUT2D eigenvalue weighted by atomic mass is 10.2. The molecule has 1 rings (SSSR count). The largest absolute Gasteiger partial charge is 0.465 e. The lowest BCUT2D eigenvalue weighted by Gasteiger charge is -1.99. The second kappa shape index (κ2) is 4.90. The van der Waals surface area contributed by atoms with E-state index in [1.807, 2.05) is 0 Å². The third-order valence-corrected chi connectivity index (χ3v) is 1.51. The van der Waals surface area contributed by atoms with Gasteiger partial charge in [-0.2, -0.15) is 0 Å². The van der Waals surface area contributed by atoms with Crippen molar-refractivity contribution >= 4 is 11.7 Å². The van der Waals surface area contributed by atoms with Crippen molar-refractivity contribution in [2.75, 3.05) is 7.11 Å². The quantitative estimate of drug-likeness (QED) is 0.413. The van der Waals surface area contributed by atoms with Gasteiger partial charge in [0.25, 0.3) is 5.69 Å². The van der Waals surface area contributed by atoms with E-state index in [9.17, 15) is 14.9 Å². The number of carbonyl (C=O) groups is 1. The average Bonchev–Trinajstić information content (AvgIpc) is 2.16. The third-order valence-electron chi connectivity index (χ3n) is 1.51. The smallest absolute Gasteiger partial charge is 0.344 e. The third kappa shape index (κ3) is 2.25. The number of methoxy groups -OCH3 is 1. The van der Waals surface area contributed by atoms with Crippen LogP contribution in [0.25, 0.3) is 0 Å². The van der Waals surface area contributed by atoms with E-state index in [1.165, 1.54) is 25.3 Å². The Labute approximate surface area is 78.8 Å². The van der Waals surface area contributed by atoms with Gasteiger partial charge in [0.05, 0.1) is 12.0 Å². The number of nitro benzene ring substituents is 1. The molecule has 0 fully saturated rings. The Morgan fingerprint density at radius 3 is 2.50 bits per heavy atom. The number of carbonyl (C=O) groups excluding carboxylic acids is 1. The molecule has 0 heterocycles. The Balaban J connectivity index is 0.00000169. The van der Waals surface area contributed by atoms with Gasteiger partial charge in [-0.15, -0.1) is 0 Å². The maximum Gasteiger partial charge on any atom is 0.344 e. The number of hydrogen-bond donors (Lipinski definition) is 0. The Bertz CT molecular complexity index is 353. The van der Waals surface area contributed by atoms with Crippen molar-refractivity contribution in [1.82, 2.24) is 0 Å². The summed E-state index contributed by atoms with van der Waals surface area (Å²) in [6.07, 6.45) is 0. The van der Waals surface area contributed by atoms with E-state index in [4.69, 9.17) is 0 Å². The van der Waals surface area contributed by atoms with Gasteiger partial charge in [-0.25, -0.2) is 4.79 Å². The fraction of sp³-hybridized carbons (Fsp3) is 0.125. The number of hydrogen-bond acceptors (Lipinski definition) is 4. The summed E-state index contributed by atoms with van der Waals surface area (Å²) in [5.74, 6) is -0.702. The standard InChI is InChI=1S/C8H7NO4.FH/c1-13-8(10)6-4-2-3-5-7(6)9(11)12;/h2-5H,1H3;1H. The summed E-state index contributed by atoms with van der Waals surface area (Å²) in [4.78, 5) is 20.8. The lowest BCUT2D eigenvalue weighted by Crippen LogP contribution is -2.04. The molecule has 76 valence electrons. The van der Waals surface area contributed by atoms with E-state index in [2.05, 4.69) is 4.74 Å². The zero-order valence-electron chi connectivity index (χ0n) is 7.30. The van der Waals surface area contributed by atoms with Crippen LogP contribution in [0, 0.1) is 10.1 Å². The van der Waals surface area contributed by atoms with Crippen LogP contribution >= 0.6 is 0 Å². The van der Waals surface area contributed by atoms with Crippen LogP contribution in [-0.4, -0.2) is 18.0 Å². The molecule has 0 bridgehead atoms. The topological polar surface area (TPSA) is 69.4 Å². The summed E-state index contributed by atoms with van der Waals surface area (Å²) in [6.45, 7) is 0. The molecule has 6 heteroatoms. The van der Waals surface area contributed by atoms with Crippen LogP contribution in [0.3, 0.4) is 0 Å². The maximum absolute atomic E-state index is 11.0. The van der Waals surface area contributed by atoms with E-state index in [0.717, 1.165) is 0 Å². The molecule has 0 aliphatic heterocycles. The summed E-state index contributed by atoms with van der Waals surface area (Å²) in [5.41, 5.74) is -0.274. The number of ether oxygens (including phenoxy) is 1. The van der Waals surface area contributed by atoms with Crippen molar-refractivity contribution in [1.29, 1.82) is 0 Å². The molecule has 0 atom stereocenters. The molecule has 0 unspecified atom stereocenters. The van der Waals surface area contributed by atoms with Crippen LogP contribution in [0.4, 0.5) is 10.4 Å². The summed E-state index contributed by atoms with van der Waals surface area (Å²) in [7, 11) is 1.18. The Morgan fingerprint density at radius 2 is 2.00 bits per heavy atom. The zero-order valence-corrected chi connectivity index (χ0v) is 7.30. The molecule has 0 saturated heterocycles. The van der Waals surface area contributed by atoms with Crippen LogP contribution in [0.1, 0.15) is 10.4 Å². The number of para-hydroxylation sites is 1. The van der Waals surface area contributed by atoms with Gasteiger partial charge in [0.1, 0.15) is 5.56 Å². The van der Waals surface area contributed by atoms with Gasteiger partial charge in [0, 0.05) is 6.07 Å². The normalized spacial score (nSPS) is 8.64. The Morgan fingerprint density at radius 1 is 1.43 bits per heavy atom. The van der Waals surface area contributed by atoms with Gasteiger partial charge in [0.2, 0.25) is 0 Å². The minimum atomic E-state index is -0.702. The first-order valence-corrected chi connectivity index (χ1v) is 3.48. The Kier molecular flexibility index (Phi) is 4.21. The fourth-order valence-electron chi connectivity index (χ4n) is 0.915. The van der Waals surface area contributed by atoms with Crippen molar-refractivity contribution in [3.8, 4) is 0 Å². The number of rotatable bonds is 2. The molecule has 5 nitrogen and oxygen atoms in total. The number of nitro groups is 1. The first-order valence-electron chi connectivity index (χ1n) is 3.48. The highest BCUT2D eigenvalue weighted by atomic mass is 19.0. The molecular formula is C8H8FNO4. The average molecular weight is 201 g/mol. The molecule has 1 aromatic rings. The minimum absolute atomic E-state index is 0. The van der Waals surface area contributed by atoms with E-state index < -0.39 is 10.9 Å². The number of benzene rings is 1. The molecule has 0 aliphatic rings. The molecule has 14 heavy (non-hydrogen) atoms. The van der Waals surface area contributed by atoms with Crippen LogP contribution < -0.4 is 0 Å². The molecule has 0 aliphatic carbocycles. The number of halogens is 1. The van der Waals surface area contributed by atoms with Crippen molar-refractivity contribution in [2.24, 2.45) is 0 Å². The first kappa shape index (κ1) is 12.0. The molecule has 0 spiro atoms. The summed E-state index contributed by atoms with van der Waals surface area (Å²) in [6, 6.07) is 5.64. The van der Waals surface area contributed by atoms with Gasteiger partial charge in [-0.3, -0.25) is 14.8 Å². The van der Waals surface area contributed by atoms with Crippen LogP contribution in [0.15, 0.2) is 24.3 Å². The first-order chi connectivity index (χ1) is 6.16. The van der Waals surface area contributed by atoms with Gasteiger partial charge >= 0.3 is 5.97 Å². The highest BCUT2D eigenvalue weighted by Crippen LogP contribution is 2.17. The van der Waals surface area contributed by atoms with Crippen molar-refractivity contribution in [3.63, 3.8) is 0 Å². The van der Waals surface area contributed by atoms with E-state index >= 15 is 0 Å². The predicted octanol–water partition coefficient (Wildman–Crippen LogP) is 1.53. The summed E-state index contributed by atoms with van der Waals surface area (Å²) in [5, 5.41) is 10.4. The second-order valence-electron chi connectivity index (χ2n) is 2.27. The van der Waals surface area contributed by atoms with Gasteiger partial charge in [-0.05, 0) is 6.07 Å². The van der Waals surface area contributed by atoms with Gasteiger partial charge in [0.15, 0.2) is 0 Å². The van der Waals surface area contributed by atoms with E-state index in [1.54, 1.807) is 6.07 Å².